The number of rotatable bonds is 5. The fraction of sp³-hybridized carbons (Fsp3) is 0.176. The predicted molar refractivity (Wildman–Crippen MR) is 218 cm³/mol. The largest absolute Gasteiger partial charge is 0.456 e. The van der Waals surface area contributed by atoms with Gasteiger partial charge in [0.15, 0.2) is 0 Å². The van der Waals surface area contributed by atoms with Crippen molar-refractivity contribution in [1.82, 2.24) is 0 Å². The monoisotopic (exact) mass is 681 g/mol. The van der Waals surface area contributed by atoms with Crippen molar-refractivity contribution >= 4 is 39.0 Å². The second-order valence-electron chi connectivity index (χ2n) is 16.1. The average Bonchev–Trinajstić information content (AvgIpc) is 3.89. The predicted octanol–water partition coefficient (Wildman–Crippen LogP) is 13.7. The molecular formula is C51H39NO. The smallest absolute Gasteiger partial charge is 0.137 e. The molecule has 13 rings (SSSR count). The number of nitrogens with zero attached hydrogens (tertiary/aromatic N) is 1. The minimum atomic E-state index is 0.126. The van der Waals surface area contributed by atoms with E-state index in [9.17, 15) is 0 Å². The Labute approximate surface area is 310 Å². The Kier molecular flexibility index (Phi) is 6.20. The van der Waals surface area contributed by atoms with E-state index in [2.05, 4.69) is 163 Å². The SMILES string of the molecule is c1ccc(-c2cccc(N(c3ccc4c(c3)-c3cc(-c5ccccc5)ccc3C43C4CC5CC(C4)C3C5)c3ccc4c(c3)oc3ccccc34)c2)cc1. The lowest BCUT2D eigenvalue weighted by atomic mass is 9.59. The summed E-state index contributed by atoms with van der Waals surface area (Å²) in [6.45, 7) is 0. The lowest BCUT2D eigenvalue weighted by Gasteiger charge is -2.44. The van der Waals surface area contributed by atoms with E-state index < -0.39 is 0 Å². The van der Waals surface area contributed by atoms with Gasteiger partial charge in [-0.05, 0) is 142 Å². The molecule has 0 aliphatic heterocycles. The molecule has 1 heterocycles. The number of anilines is 3. The van der Waals surface area contributed by atoms with Gasteiger partial charge in [0.1, 0.15) is 11.2 Å². The maximum absolute atomic E-state index is 6.48. The highest BCUT2D eigenvalue weighted by Crippen LogP contribution is 2.73. The number of hydrogen-bond acceptors (Lipinski definition) is 2. The summed E-state index contributed by atoms with van der Waals surface area (Å²) in [5.41, 5.74) is 16.4. The molecular weight excluding hydrogens is 643 g/mol. The molecule has 53 heavy (non-hydrogen) atoms. The van der Waals surface area contributed by atoms with Crippen molar-refractivity contribution in [3.05, 3.63) is 175 Å². The molecule has 4 bridgehead atoms. The van der Waals surface area contributed by atoms with Crippen LogP contribution in [0.4, 0.5) is 17.1 Å². The van der Waals surface area contributed by atoms with Crippen LogP contribution < -0.4 is 4.90 Å². The van der Waals surface area contributed by atoms with Gasteiger partial charge >= 0.3 is 0 Å². The molecule has 7 aromatic carbocycles. The number of fused-ring (bicyclic) bond motifs is 6. The summed E-state index contributed by atoms with van der Waals surface area (Å²) in [6, 6.07) is 60.7. The molecule has 254 valence electrons. The highest BCUT2D eigenvalue weighted by Gasteiger charge is 2.66. The van der Waals surface area contributed by atoms with E-state index in [4.69, 9.17) is 4.42 Å². The standard InChI is InChI=1S/C51H39NO/c1-3-10-33(11-4-1)35-14-9-15-39(28-35)52(41-19-21-43-42-16-7-8-17-49(42)53-50(43)31-41)40-20-23-47-45(30-40)44-29-36(34-12-5-2-6-13-34)18-22-46(44)51(47)38-25-32-24-37(27-38)48(51)26-32/h1-23,28-32,37-38,48H,24-27H2. The van der Waals surface area contributed by atoms with Gasteiger partial charge in [0.25, 0.3) is 0 Å². The fourth-order valence-electron chi connectivity index (χ4n) is 11.7. The Bertz CT molecular complexity index is 2720. The molecule has 2 nitrogen and oxygen atoms in total. The van der Waals surface area contributed by atoms with Crippen molar-refractivity contribution in [2.75, 3.05) is 4.90 Å². The molecule has 8 aromatic rings. The Hall–Kier alpha value is -5.86. The van der Waals surface area contributed by atoms with E-state index in [0.29, 0.717) is 0 Å². The van der Waals surface area contributed by atoms with Crippen LogP contribution in [0, 0.1) is 23.7 Å². The van der Waals surface area contributed by atoms with Crippen LogP contribution in [0.5, 0.6) is 0 Å². The van der Waals surface area contributed by atoms with Crippen molar-refractivity contribution in [2.45, 2.75) is 31.1 Å². The Morgan fingerprint density at radius 1 is 0.453 bits per heavy atom. The maximum Gasteiger partial charge on any atom is 0.137 e. The van der Waals surface area contributed by atoms with Crippen LogP contribution in [0.25, 0.3) is 55.3 Å². The third kappa shape index (κ3) is 4.21. The summed E-state index contributed by atoms with van der Waals surface area (Å²) in [5, 5.41) is 2.30. The molecule has 1 aromatic heterocycles. The van der Waals surface area contributed by atoms with Gasteiger partial charge in [-0.15, -0.1) is 0 Å². The summed E-state index contributed by atoms with van der Waals surface area (Å²) in [6.07, 6.45) is 5.59. The molecule has 0 radical (unpaired) electrons. The summed E-state index contributed by atoms with van der Waals surface area (Å²) < 4.78 is 6.48. The summed E-state index contributed by atoms with van der Waals surface area (Å²) in [4.78, 5) is 2.44. The van der Waals surface area contributed by atoms with Crippen LogP contribution in [0.15, 0.2) is 168 Å². The third-order valence-corrected chi connectivity index (χ3v) is 13.6. The molecule has 5 unspecified atom stereocenters. The van der Waals surface area contributed by atoms with Gasteiger partial charge in [-0.1, -0.05) is 109 Å². The van der Waals surface area contributed by atoms with Gasteiger partial charge in [-0.3, -0.25) is 0 Å². The Morgan fingerprint density at radius 3 is 1.91 bits per heavy atom. The van der Waals surface area contributed by atoms with Gasteiger partial charge in [0.05, 0.1) is 0 Å². The lowest BCUT2D eigenvalue weighted by molar-refractivity contribution is 0.191. The first-order chi connectivity index (χ1) is 26.2. The van der Waals surface area contributed by atoms with E-state index in [1.807, 2.05) is 6.07 Å². The van der Waals surface area contributed by atoms with Crippen LogP contribution >= 0.6 is 0 Å². The van der Waals surface area contributed by atoms with Crippen molar-refractivity contribution in [1.29, 1.82) is 0 Å². The highest BCUT2D eigenvalue weighted by molar-refractivity contribution is 6.06. The zero-order chi connectivity index (χ0) is 34.7. The quantitative estimate of drug-likeness (QED) is 0.180. The lowest BCUT2D eigenvalue weighted by Crippen LogP contribution is -2.40. The first-order valence-corrected chi connectivity index (χ1v) is 19.4. The molecule has 4 saturated carbocycles. The molecule has 0 saturated heterocycles. The van der Waals surface area contributed by atoms with E-state index in [1.165, 1.54) is 64.8 Å². The van der Waals surface area contributed by atoms with Gasteiger partial charge in [0.2, 0.25) is 0 Å². The third-order valence-electron chi connectivity index (χ3n) is 13.6. The Balaban J connectivity index is 1.08. The van der Waals surface area contributed by atoms with Gasteiger partial charge in [0, 0.05) is 39.3 Å². The van der Waals surface area contributed by atoms with E-state index in [-0.39, 0.29) is 5.41 Å². The van der Waals surface area contributed by atoms with Crippen LogP contribution in [0.2, 0.25) is 0 Å². The second-order valence-corrected chi connectivity index (χ2v) is 16.1. The minimum absolute atomic E-state index is 0.126. The van der Waals surface area contributed by atoms with Crippen LogP contribution in [-0.4, -0.2) is 0 Å². The molecule has 5 atom stereocenters. The second kappa shape index (κ2) is 11.1. The first-order valence-electron chi connectivity index (χ1n) is 19.4. The molecule has 0 N–H and O–H groups in total. The summed E-state index contributed by atoms with van der Waals surface area (Å²) in [5.74, 6) is 3.26. The van der Waals surface area contributed by atoms with Crippen molar-refractivity contribution in [3.8, 4) is 33.4 Å². The van der Waals surface area contributed by atoms with Crippen LogP contribution in [0.3, 0.4) is 0 Å². The maximum atomic E-state index is 6.48. The normalized spacial score (nSPS) is 23.2. The van der Waals surface area contributed by atoms with Gasteiger partial charge in [-0.25, -0.2) is 0 Å². The van der Waals surface area contributed by atoms with Gasteiger partial charge in [-0.2, -0.15) is 0 Å². The fourth-order valence-corrected chi connectivity index (χ4v) is 11.7. The first kappa shape index (κ1) is 29.7. The zero-order valence-corrected chi connectivity index (χ0v) is 29.6. The van der Waals surface area contributed by atoms with Crippen molar-refractivity contribution in [3.63, 3.8) is 0 Å². The number of para-hydroxylation sites is 1. The molecule has 5 aliphatic rings. The molecule has 4 fully saturated rings. The Morgan fingerprint density at radius 2 is 1.09 bits per heavy atom. The molecule has 5 aliphatic carbocycles. The minimum Gasteiger partial charge on any atom is -0.456 e. The summed E-state index contributed by atoms with van der Waals surface area (Å²) >= 11 is 0. The number of benzene rings is 7. The molecule has 0 amide bonds. The molecule has 2 heteroatoms. The van der Waals surface area contributed by atoms with E-state index >= 15 is 0 Å². The highest BCUT2D eigenvalue weighted by atomic mass is 16.3. The van der Waals surface area contributed by atoms with E-state index in [0.717, 1.165) is 57.0 Å². The zero-order valence-electron chi connectivity index (χ0n) is 29.6. The number of furan rings is 1. The van der Waals surface area contributed by atoms with E-state index in [1.54, 1.807) is 11.1 Å². The molecule has 1 spiro atoms. The number of hydrogen-bond donors (Lipinski definition) is 0. The van der Waals surface area contributed by atoms with Crippen LogP contribution in [0.1, 0.15) is 36.8 Å². The van der Waals surface area contributed by atoms with Gasteiger partial charge < -0.3 is 9.32 Å². The summed E-state index contributed by atoms with van der Waals surface area (Å²) in [7, 11) is 0. The van der Waals surface area contributed by atoms with Crippen molar-refractivity contribution < 1.29 is 4.42 Å². The topological polar surface area (TPSA) is 16.4 Å². The van der Waals surface area contributed by atoms with Crippen LogP contribution in [-0.2, 0) is 5.41 Å². The van der Waals surface area contributed by atoms with Crippen molar-refractivity contribution in [2.24, 2.45) is 23.7 Å². The average molecular weight is 682 g/mol.